The van der Waals surface area contributed by atoms with E-state index in [1.54, 1.807) is 23.9 Å². The second-order valence-electron chi connectivity index (χ2n) is 3.01. The highest BCUT2D eigenvalue weighted by Crippen LogP contribution is 2.27. The molecular weight excluding hydrogens is 232 g/mol. The number of carbonyl (C=O) groups is 1. The lowest BCUT2D eigenvalue weighted by atomic mass is 10.3. The summed E-state index contributed by atoms with van der Waals surface area (Å²) in [6.07, 6.45) is 0. The first kappa shape index (κ1) is 12.2. The van der Waals surface area contributed by atoms with Gasteiger partial charge in [0.2, 0.25) is 5.91 Å². The number of hydrogen-bond donors (Lipinski definition) is 2. The molecule has 15 heavy (non-hydrogen) atoms. The molecule has 82 valence electrons. The molecule has 0 saturated carbocycles. The maximum Gasteiger partial charge on any atom is 0.216 e. The molecule has 1 aromatic carbocycles. The van der Waals surface area contributed by atoms with E-state index in [-0.39, 0.29) is 5.91 Å². The number of amides is 1. The smallest absolute Gasteiger partial charge is 0.216 e. The molecule has 0 saturated heterocycles. The summed E-state index contributed by atoms with van der Waals surface area (Å²) >= 11 is 7.42. The molecule has 0 bridgehead atoms. The Morgan fingerprint density at radius 2 is 2.33 bits per heavy atom. The second kappa shape index (κ2) is 5.88. The maximum absolute atomic E-state index is 10.6. The SMILES string of the molecule is CC(=O)NCCSc1cc(Cl)ccc1N. The van der Waals surface area contributed by atoms with E-state index in [0.29, 0.717) is 17.3 Å². The van der Waals surface area contributed by atoms with Crippen LogP contribution in [0.2, 0.25) is 5.02 Å². The minimum atomic E-state index is -0.0188. The zero-order valence-corrected chi connectivity index (χ0v) is 9.99. The summed E-state index contributed by atoms with van der Waals surface area (Å²) in [5, 5.41) is 3.39. The van der Waals surface area contributed by atoms with Crippen molar-refractivity contribution in [2.45, 2.75) is 11.8 Å². The molecule has 0 atom stereocenters. The van der Waals surface area contributed by atoms with Crippen LogP contribution >= 0.6 is 23.4 Å². The third kappa shape index (κ3) is 4.44. The van der Waals surface area contributed by atoms with Crippen molar-refractivity contribution in [2.75, 3.05) is 18.0 Å². The van der Waals surface area contributed by atoms with Crippen molar-refractivity contribution in [3.63, 3.8) is 0 Å². The number of hydrogen-bond acceptors (Lipinski definition) is 3. The number of thioether (sulfide) groups is 1. The average molecular weight is 245 g/mol. The van der Waals surface area contributed by atoms with Gasteiger partial charge in [-0.15, -0.1) is 11.8 Å². The molecule has 0 spiro atoms. The lowest BCUT2D eigenvalue weighted by Crippen LogP contribution is -2.22. The number of rotatable bonds is 4. The summed E-state index contributed by atoms with van der Waals surface area (Å²) in [6.45, 7) is 2.13. The lowest BCUT2D eigenvalue weighted by molar-refractivity contribution is -0.118. The van der Waals surface area contributed by atoms with Crippen LogP contribution in [0.4, 0.5) is 5.69 Å². The van der Waals surface area contributed by atoms with Crippen molar-refractivity contribution in [3.8, 4) is 0 Å². The Balaban J connectivity index is 2.43. The number of benzene rings is 1. The van der Waals surface area contributed by atoms with Crippen LogP contribution in [0.15, 0.2) is 23.1 Å². The van der Waals surface area contributed by atoms with Crippen LogP contribution in [0.3, 0.4) is 0 Å². The van der Waals surface area contributed by atoms with Crippen molar-refractivity contribution < 1.29 is 4.79 Å². The Bertz CT molecular complexity index is 357. The number of nitrogens with two attached hydrogens (primary N) is 1. The van der Waals surface area contributed by atoms with Gasteiger partial charge in [-0.2, -0.15) is 0 Å². The van der Waals surface area contributed by atoms with Crippen LogP contribution in [0.5, 0.6) is 0 Å². The van der Waals surface area contributed by atoms with Gasteiger partial charge in [0, 0.05) is 34.8 Å². The predicted molar refractivity (Wildman–Crippen MR) is 65.3 cm³/mol. The number of nitrogens with one attached hydrogen (secondary N) is 1. The zero-order valence-electron chi connectivity index (χ0n) is 8.42. The minimum Gasteiger partial charge on any atom is -0.398 e. The quantitative estimate of drug-likeness (QED) is 0.485. The second-order valence-corrected chi connectivity index (χ2v) is 4.59. The predicted octanol–water partition coefficient (Wildman–Crippen LogP) is 2.15. The molecule has 0 heterocycles. The molecule has 1 amide bonds. The minimum absolute atomic E-state index is 0.0188. The van der Waals surface area contributed by atoms with E-state index in [1.807, 2.05) is 6.07 Å². The average Bonchev–Trinajstić information content (AvgIpc) is 2.17. The third-order valence-corrected chi connectivity index (χ3v) is 3.02. The molecule has 0 aliphatic heterocycles. The first-order valence-corrected chi connectivity index (χ1v) is 5.88. The summed E-state index contributed by atoms with van der Waals surface area (Å²) in [4.78, 5) is 11.6. The van der Waals surface area contributed by atoms with Crippen LogP contribution in [0, 0.1) is 0 Å². The van der Waals surface area contributed by atoms with Crippen LogP contribution in [-0.2, 0) is 4.79 Å². The van der Waals surface area contributed by atoms with E-state index in [0.717, 1.165) is 10.6 Å². The number of halogens is 1. The van der Waals surface area contributed by atoms with E-state index >= 15 is 0 Å². The first-order valence-electron chi connectivity index (χ1n) is 4.52. The third-order valence-electron chi connectivity index (χ3n) is 1.71. The molecule has 0 aliphatic rings. The van der Waals surface area contributed by atoms with E-state index < -0.39 is 0 Å². The molecule has 0 fully saturated rings. The molecular formula is C10H13ClN2OS. The summed E-state index contributed by atoms with van der Waals surface area (Å²) < 4.78 is 0. The standard InChI is InChI=1S/C10H13ClN2OS/c1-7(14)13-4-5-15-10-6-8(11)2-3-9(10)12/h2-3,6H,4-5,12H2,1H3,(H,13,14). The zero-order chi connectivity index (χ0) is 11.3. The summed E-state index contributed by atoms with van der Waals surface area (Å²) in [5.41, 5.74) is 6.48. The van der Waals surface area contributed by atoms with Crippen molar-refractivity contribution in [3.05, 3.63) is 23.2 Å². The molecule has 3 N–H and O–H groups in total. The van der Waals surface area contributed by atoms with Crippen molar-refractivity contribution in [2.24, 2.45) is 0 Å². The molecule has 0 radical (unpaired) electrons. The van der Waals surface area contributed by atoms with Crippen LogP contribution < -0.4 is 11.1 Å². The summed E-state index contributed by atoms with van der Waals surface area (Å²) in [7, 11) is 0. The van der Waals surface area contributed by atoms with Gasteiger partial charge < -0.3 is 11.1 Å². The molecule has 0 unspecified atom stereocenters. The van der Waals surface area contributed by atoms with Gasteiger partial charge in [-0.1, -0.05) is 11.6 Å². The van der Waals surface area contributed by atoms with Gasteiger partial charge in [0.25, 0.3) is 0 Å². The number of carbonyl (C=O) groups excluding carboxylic acids is 1. The topological polar surface area (TPSA) is 55.1 Å². The Morgan fingerprint density at radius 1 is 1.60 bits per heavy atom. The van der Waals surface area contributed by atoms with Gasteiger partial charge in [-0.3, -0.25) is 4.79 Å². The fourth-order valence-corrected chi connectivity index (χ4v) is 2.13. The van der Waals surface area contributed by atoms with Crippen LogP contribution in [0.1, 0.15) is 6.92 Å². The normalized spacial score (nSPS) is 10.0. The highest BCUT2D eigenvalue weighted by Gasteiger charge is 2.01. The Morgan fingerprint density at radius 3 is 3.00 bits per heavy atom. The van der Waals surface area contributed by atoms with Gasteiger partial charge >= 0.3 is 0 Å². The summed E-state index contributed by atoms with van der Waals surface area (Å²) in [5.74, 6) is 0.763. The molecule has 5 heteroatoms. The molecule has 0 aliphatic carbocycles. The number of nitrogen functional groups attached to an aromatic ring is 1. The van der Waals surface area contributed by atoms with E-state index in [4.69, 9.17) is 17.3 Å². The van der Waals surface area contributed by atoms with E-state index in [1.165, 1.54) is 6.92 Å². The highest BCUT2D eigenvalue weighted by atomic mass is 35.5. The highest BCUT2D eigenvalue weighted by molar-refractivity contribution is 7.99. The van der Waals surface area contributed by atoms with Crippen molar-refractivity contribution in [1.82, 2.24) is 5.32 Å². The van der Waals surface area contributed by atoms with E-state index in [9.17, 15) is 4.79 Å². The fourth-order valence-electron chi connectivity index (χ4n) is 1.02. The van der Waals surface area contributed by atoms with Crippen molar-refractivity contribution in [1.29, 1.82) is 0 Å². The summed E-state index contributed by atoms with van der Waals surface area (Å²) in [6, 6.07) is 5.37. The molecule has 0 aromatic heterocycles. The van der Waals surface area contributed by atoms with Gasteiger partial charge in [-0.25, -0.2) is 0 Å². The Hall–Kier alpha value is -0.870. The van der Waals surface area contributed by atoms with Gasteiger partial charge in [0.05, 0.1) is 0 Å². The maximum atomic E-state index is 10.6. The Kier molecular flexibility index (Phi) is 4.78. The largest absolute Gasteiger partial charge is 0.398 e. The van der Waals surface area contributed by atoms with Gasteiger partial charge in [-0.05, 0) is 18.2 Å². The van der Waals surface area contributed by atoms with Gasteiger partial charge in [0.15, 0.2) is 0 Å². The molecule has 1 rings (SSSR count). The number of anilines is 1. The van der Waals surface area contributed by atoms with Crippen LogP contribution in [-0.4, -0.2) is 18.2 Å². The van der Waals surface area contributed by atoms with Crippen LogP contribution in [0.25, 0.3) is 0 Å². The van der Waals surface area contributed by atoms with E-state index in [2.05, 4.69) is 5.32 Å². The fraction of sp³-hybridized carbons (Fsp3) is 0.300. The van der Waals surface area contributed by atoms with Gasteiger partial charge in [0.1, 0.15) is 0 Å². The molecule has 1 aromatic rings. The first-order chi connectivity index (χ1) is 7.09. The molecule has 3 nitrogen and oxygen atoms in total. The van der Waals surface area contributed by atoms with Crippen molar-refractivity contribution >= 4 is 35.0 Å². The lowest BCUT2D eigenvalue weighted by Gasteiger charge is -2.06. The monoisotopic (exact) mass is 244 g/mol. The Labute approximate surface area is 98.4 Å².